The van der Waals surface area contributed by atoms with Gasteiger partial charge in [-0.1, -0.05) is 30.3 Å². The van der Waals surface area contributed by atoms with Gasteiger partial charge < -0.3 is 18.9 Å². The Labute approximate surface area is 148 Å². The standard InChI is InChI=1S/C15H17F3O7S/c1-21-12-7-10(25-26(19,20)15(16,17)18)13-11(23-12)8-22-14(24-13)9-5-3-2-4-6-9/h2-6,10-14H,7-8H2,1H3/t10-,11-,12+,13-,14+/m1/s1. The Morgan fingerprint density at radius 1 is 1.15 bits per heavy atom. The van der Waals surface area contributed by atoms with E-state index in [-0.39, 0.29) is 13.0 Å². The van der Waals surface area contributed by atoms with E-state index in [1.807, 2.05) is 0 Å². The van der Waals surface area contributed by atoms with Crippen LogP contribution in [0.5, 0.6) is 0 Å². The molecule has 1 aromatic carbocycles. The summed E-state index contributed by atoms with van der Waals surface area (Å²) in [6.45, 7) is -0.0178. The fourth-order valence-electron chi connectivity index (χ4n) is 2.81. The Bertz CT molecular complexity index is 710. The number of methoxy groups -OCH3 is 1. The number of hydrogen-bond donors (Lipinski definition) is 0. The summed E-state index contributed by atoms with van der Waals surface area (Å²) in [5.74, 6) is 0. The van der Waals surface area contributed by atoms with Crippen LogP contribution in [0.15, 0.2) is 30.3 Å². The van der Waals surface area contributed by atoms with Crippen molar-refractivity contribution in [1.29, 1.82) is 0 Å². The maximum Gasteiger partial charge on any atom is 0.523 e. The zero-order valence-electron chi connectivity index (χ0n) is 13.6. The maximum absolute atomic E-state index is 12.7. The van der Waals surface area contributed by atoms with Crippen molar-refractivity contribution in [2.45, 2.75) is 42.8 Å². The monoisotopic (exact) mass is 398 g/mol. The first-order chi connectivity index (χ1) is 12.2. The molecule has 0 spiro atoms. The molecule has 1 aromatic rings. The van der Waals surface area contributed by atoms with Crippen LogP contribution in [0.1, 0.15) is 18.3 Å². The highest BCUT2D eigenvalue weighted by molar-refractivity contribution is 7.87. The molecular weight excluding hydrogens is 381 g/mol. The van der Waals surface area contributed by atoms with Crippen LogP contribution in [0, 0.1) is 0 Å². The minimum absolute atomic E-state index is 0.0178. The molecule has 2 fully saturated rings. The number of hydrogen-bond acceptors (Lipinski definition) is 7. The largest absolute Gasteiger partial charge is 0.523 e. The average Bonchev–Trinajstić information content (AvgIpc) is 2.60. The van der Waals surface area contributed by atoms with Gasteiger partial charge in [0.15, 0.2) is 12.6 Å². The molecule has 2 aliphatic rings. The van der Waals surface area contributed by atoms with E-state index in [1.165, 1.54) is 7.11 Å². The Hall–Kier alpha value is -1.24. The van der Waals surface area contributed by atoms with Gasteiger partial charge in [0.1, 0.15) is 18.3 Å². The van der Waals surface area contributed by atoms with E-state index in [0.717, 1.165) is 0 Å². The van der Waals surface area contributed by atoms with Gasteiger partial charge in [-0.05, 0) is 0 Å². The summed E-state index contributed by atoms with van der Waals surface area (Å²) >= 11 is 0. The zero-order chi connectivity index (χ0) is 18.9. The molecule has 0 amide bonds. The molecule has 7 nitrogen and oxygen atoms in total. The summed E-state index contributed by atoms with van der Waals surface area (Å²) in [5, 5.41) is 0. The van der Waals surface area contributed by atoms with Crippen LogP contribution < -0.4 is 0 Å². The lowest BCUT2D eigenvalue weighted by Gasteiger charge is -2.44. The summed E-state index contributed by atoms with van der Waals surface area (Å²) in [7, 11) is -4.50. The van der Waals surface area contributed by atoms with Gasteiger partial charge in [0.25, 0.3) is 0 Å². The lowest BCUT2D eigenvalue weighted by atomic mass is 10.0. The number of alkyl halides is 3. The third-order valence-corrected chi connectivity index (χ3v) is 5.11. The van der Waals surface area contributed by atoms with Crippen LogP contribution in [-0.4, -0.2) is 52.2 Å². The maximum atomic E-state index is 12.7. The molecule has 5 atom stereocenters. The second kappa shape index (κ2) is 7.41. The fourth-order valence-corrected chi connectivity index (χ4v) is 3.44. The van der Waals surface area contributed by atoms with Crippen molar-refractivity contribution in [1.82, 2.24) is 0 Å². The van der Waals surface area contributed by atoms with Crippen molar-refractivity contribution in [3.05, 3.63) is 35.9 Å². The van der Waals surface area contributed by atoms with Gasteiger partial charge in [-0.2, -0.15) is 21.6 Å². The van der Waals surface area contributed by atoms with E-state index in [1.54, 1.807) is 30.3 Å². The lowest BCUT2D eigenvalue weighted by molar-refractivity contribution is -0.331. The van der Waals surface area contributed by atoms with Gasteiger partial charge >= 0.3 is 15.6 Å². The summed E-state index contributed by atoms with van der Waals surface area (Å²) in [6, 6.07) is 8.71. The average molecular weight is 398 g/mol. The fraction of sp³-hybridized carbons (Fsp3) is 0.600. The molecule has 26 heavy (non-hydrogen) atoms. The van der Waals surface area contributed by atoms with E-state index in [4.69, 9.17) is 18.9 Å². The van der Waals surface area contributed by atoms with E-state index >= 15 is 0 Å². The van der Waals surface area contributed by atoms with E-state index < -0.39 is 46.5 Å². The van der Waals surface area contributed by atoms with Gasteiger partial charge in [0.2, 0.25) is 0 Å². The van der Waals surface area contributed by atoms with Crippen molar-refractivity contribution >= 4 is 10.1 Å². The number of fused-ring (bicyclic) bond motifs is 1. The normalized spacial score (nSPS) is 32.8. The number of benzene rings is 1. The summed E-state index contributed by atoms with van der Waals surface area (Å²) in [5.41, 5.74) is -4.90. The second-order valence-electron chi connectivity index (χ2n) is 5.79. The van der Waals surface area contributed by atoms with Crippen LogP contribution in [-0.2, 0) is 33.2 Å². The second-order valence-corrected chi connectivity index (χ2v) is 7.35. The summed E-state index contributed by atoms with van der Waals surface area (Å²) in [6.07, 6.45) is -5.39. The van der Waals surface area contributed by atoms with Crippen molar-refractivity contribution in [3.8, 4) is 0 Å². The third-order valence-electron chi connectivity index (χ3n) is 4.05. The molecule has 146 valence electrons. The lowest BCUT2D eigenvalue weighted by Crippen LogP contribution is -2.56. The van der Waals surface area contributed by atoms with Crippen LogP contribution in [0.4, 0.5) is 13.2 Å². The highest BCUT2D eigenvalue weighted by atomic mass is 32.2. The Kier molecular flexibility index (Phi) is 5.56. The number of halogens is 3. The van der Waals surface area contributed by atoms with E-state index in [9.17, 15) is 21.6 Å². The molecule has 0 aromatic heterocycles. The number of rotatable bonds is 4. The molecule has 0 N–H and O–H groups in total. The molecule has 2 saturated heterocycles. The zero-order valence-corrected chi connectivity index (χ0v) is 14.4. The van der Waals surface area contributed by atoms with Gasteiger partial charge in [0.05, 0.1) is 6.61 Å². The first-order valence-electron chi connectivity index (χ1n) is 7.71. The van der Waals surface area contributed by atoms with Gasteiger partial charge in [-0.25, -0.2) is 0 Å². The highest BCUT2D eigenvalue weighted by Crippen LogP contribution is 2.37. The van der Waals surface area contributed by atoms with Gasteiger partial charge in [-0.15, -0.1) is 0 Å². The van der Waals surface area contributed by atoms with Gasteiger partial charge in [0, 0.05) is 19.1 Å². The number of ether oxygens (including phenoxy) is 4. The molecule has 0 aliphatic carbocycles. The molecular formula is C15H17F3O7S. The molecule has 2 aliphatic heterocycles. The molecule has 2 heterocycles. The molecule has 11 heteroatoms. The van der Waals surface area contributed by atoms with Gasteiger partial charge in [-0.3, -0.25) is 4.18 Å². The van der Waals surface area contributed by atoms with Crippen molar-refractivity contribution in [2.24, 2.45) is 0 Å². The van der Waals surface area contributed by atoms with Crippen LogP contribution in [0.25, 0.3) is 0 Å². The highest BCUT2D eigenvalue weighted by Gasteiger charge is 2.53. The van der Waals surface area contributed by atoms with E-state index in [2.05, 4.69) is 4.18 Å². The molecule has 0 unspecified atom stereocenters. The topological polar surface area (TPSA) is 80.3 Å². The summed E-state index contributed by atoms with van der Waals surface area (Å²) < 4.78 is 87.1. The van der Waals surface area contributed by atoms with Crippen LogP contribution >= 0.6 is 0 Å². The first-order valence-corrected chi connectivity index (χ1v) is 9.12. The minimum atomic E-state index is -5.79. The van der Waals surface area contributed by atoms with Crippen LogP contribution in [0.3, 0.4) is 0 Å². The minimum Gasteiger partial charge on any atom is -0.356 e. The Morgan fingerprint density at radius 3 is 2.46 bits per heavy atom. The third kappa shape index (κ3) is 4.02. The van der Waals surface area contributed by atoms with Crippen molar-refractivity contribution in [2.75, 3.05) is 13.7 Å². The molecule has 3 rings (SSSR count). The first kappa shape index (κ1) is 19.5. The summed E-state index contributed by atoms with van der Waals surface area (Å²) in [4.78, 5) is 0. The Balaban J connectivity index is 1.81. The molecule has 0 radical (unpaired) electrons. The quantitative estimate of drug-likeness (QED) is 0.568. The predicted octanol–water partition coefficient (Wildman–Crippen LogP) is 2.10. The van der Waals surface area contributed by atoms with Crippen molar-refractivity contribution in [3.63, 3.8) is 0 Å². The SMILES string of the molecule is CO[C@@H]1C[C@@H](OS(=O)(=O)C(F)(F)F)[C@H]2O[C@@H](c3ccccc3)OC[C@H]2O1. The van der Waals surface area contributed by atoms with Crippen LogP contribution in [0.2, 0.25) is 0 Å². The smallest absolute Gasteiger partial charge is 0.356 e. The predicted molar refractivity (Wildman–Crippen MR) is 80.1 cm³/mol. The van der Waals surface area contributed by atoms with Crippen molar-refractivity contribution < 1.29 is 44.7 Å². The molecule has 0 bridgehead atoms. The molecule has 0 saturated carbocycles. The Morgan fingerprint density at radius 2 is 1.85 bits per heavy atom. The van der Waals surface area contributed by atoms with E-state index in [0.29, 0.717) is 5.56 Å².